The van der Waals surface area contributed by atoms with E-state index in [-0.39, 0.29) is 6.61 Å². The van der Waals surface area contributed by atoms with Gasteiger partial charge in [0.05, 0.1) is 0 Å². The van der Waals surface area contributed by atoms with E-state index >= 15 is 0 Å². The molecule has 0 saturated carbocycles. The molecule has 1 rings (SSSR count). The second kappa shape index (κ2) is 5.82. The zero-order valence-corrected chi connectivity index (χ0v) is 8.18. The number of aliphatic hydroxyl groups excluding tert-OH is 1. The van der Waals surface area contributed by atoms with Crippen molar-refractivity contribution in [2.24, 2.45) is 0 Å². The average molecular weight is 202 g/mol. The number of rotatable bonds is 6. The molecule has 0 unspecified atom stereocenters. The summed E-state index contributed by atoms with van der Waals surface area (Å²) in [5.74, 6) is 1.33. The van der Waals surface area contributed by atoms with Crippen LogP contribution in [0.1, 0.15) is 19.3 Å². The first-order valence-corrected chi connectivity index (χ1v) is 5.23. The Morgan fingerprint density at radius 2 is 2.23 bits per heavy atom. The van der Waals surface area contributed by atoms with Crippen LogP contribution in [0, 0.1) is 0 Å². The minimum atomic E-state index is 0.276. The van der Waals surface area contributed by atoms with E-state index in [1.54, 1.807) is 11.8 Å². The Bertz CT molecular complexity index is 240. The molecule has 0 aliphatic rings. The quantitative estimate of drug-likeness (QED) is 0.465. The van der Waals surface area contributed by atoms with Crippen molar-refractivity contribution in [3.05, 3.63) is 0 Å². The van der Waals surface area contributed by atoms with Gasteiger partial charge in [0, 0.05) is 12.4 Å². The highest BCUT2D eigenvalue weighted by molar-refractivity contribution is 7.99. The first-order chi connectivity index (χ1) is 6.33. The first kappa shape index (κ1) is 10.3. The third kappa shape index (κ3) is 4.14. The van der Waals surface area contributed by atoms with E-state index in [4.69, 9.17) is 10.8 Å². The van der Waals surface area contributed by atoms with Gasteiger partial charge in [0.15, 0.2) is 0 Å². The van der Waals surface area contributed by atoms with E-state index in [9.17, 15) is 0 Å². The standard InChI is InChI=1S/C7H14N4OS/c8-6-9-7(11-10-6)13-5-3-1-2-4-12/h12H,1-5H2,(H3,8,9,10,11). The molecule has 0 bridgehead atoms. The van der Waals surface area contributed by atoms with Crippen LogP contribution < -0.4 is 5.73 Å². The smallest absolute Gasteiger partial charge is 0.216 e. The second-order valence-corrected chi connectivity index (χ2v) is 3.70. The molecule has 1 aromatic rings. The minimum absolute atomic E-state index is 0.276. The highest BCUT2D eigenvalue weighted by atomic mass is 32.2. The van der Waals surface area contributed by atoms with Crippen LogP contribution in [0.4, 0.5) is 5.95 Å². The van der Waals surface area contributed by atoms with Crippen molar-refractivity contribution in [1.29, 1.82) is 0 Å². The predicted molar refractivity (Wildman–Crippen MR) is 52.5 cm³/mol. The molecule has 0 spiro atoms. The minimum Gasteiger partial charge on any atom is -0.396 e. The predicted octanol–water partition coefficient (Wildman–Crippen LogP) is 0.642. The Balaban J connectivity index is 2.06. The Kier molecular flexibility index (Phi) is 4.63. The van der Waals surface area contributed by atoms with Crippen LogP contribution in [0.25, 0.3) is 0 Å². The van der Waals surface area contributed by atoms with Gasteiger partial charge in [-0.2, -0.15) is 4.98 Å². The molecule has 4 N–H and O–H groups in total. The van der Waals surface area contributed by atoms with Gasteiger partial charge in [0.1, 0.15) is 0 Å². The van der Waals surface area contributed by atoms with Gasteiger partial charge in [-0.25, -0.2) is 5.10 Å². The normalized spacial score (nSPS) is 10.5. The fourth-order valence-electron chi connectivity index (χ4n) is 0.877. The highest BCUT2D eigenvalue weighted by Gasteiger charge is 1.99. The molecular formula is C7H14N4OS. The largest absolute Gasteiger partial charge is 0.396 e. The number of nitrogens with two attached hydrogens (primary N) is 1. The lowest BCUT2D eigenvalue weighted by Gasteiger charge is -1.95. The van der Waals surface area contributed by atoms with Crippen molar-refractivity contribution < 1.29 is 5.11 Å². The molecule has 0 atom stereocenters. The number of unbranched alkanes of at least 4 members (excludes halogenated alkanes) is 2. The molecule has 13 heavy (non-hydrogen) atoms. The molecule has 0 amide bonds. The van der Waals surface area contributed by atoms with Crippen LogP contribution in [0.5, 0.6) is 0 Å². The van der Waals surface area contributed by atoms with E-state index in [1.165, 1.54) is 0 Å². The number of aliphatic hydroxyl groups is 1. The van der Waals surface area contributed by atoms with Gasteiger partial charge >= 0.3 is 0 Å². The van der Waals surface area contributed by atoms with Crippen molar-refractivity contribution in [2.45, 2.75) is 24.4 Å². The summed E-state index contributed by atoms with van der Waals surface area (Å²) >= 11 is 1.58. The zero-order chi connectivity index (χ0) is 9.52. The Morgan fingerprint density at radius 3 is 2.85 bits per heavy atom. The lowest BCUT2D eigenvalue weighted by atomic mass is 10.3. The Labute approximate surface area is 81.1 Å². The molecule has 0 aromatic carbocycles. The number of aromatic amines is 1. The van der Waals surface area contributed by atoms with Gasteiger partial charge in [-0.3, -0.25) is 0 Å². The van der Waals surface area contributed by atoms with Crippen LogP contribution in [-0.2, 0) is 0 Å². The molecule has 1 aromatic heterocycles. The number of anilines is 1. The topological polar surface area (TPSA) is 87.8 Å². The van der Waals surface area contributed by atoms with Crippen LogP contribution in [0.2, 0.25) is 0 Å². The summed E-state index contributed by atoms with van der Waals surface area (Å²) in [7, 11) is 0. The van der Waals surface area contributed by atoms with Gasteiger partial charge in [0.25, 0.3) is 0 Å². The second-order valence-electron chi connectivity index (χ2n) is 2.64. The van der Waals surface area contributed by atoms with Crippen molar-refractivity contribution >= 4 is 17.7 Å². The number of aromatic nitrogens is 3. The third-order valence-corrected chi connectivity index (χ3v) is 2.45. The number of H-pyrrole nitrogens is 1. The molecule has 6 heteroatoms. The lowest BCUT2D eigenvalue weighted by molar-refractivity contribution is 0.284. The highest BCUT2D eigenvalue weighted by Crippen LogP contribution is 2.14. The fraction of sp³-hybridized carbons (Fsp3) is 0.714. The van der Waals surface area contributed by atoms with E-state index < -0.39 is 0 Å². The third-order valence-electron chi connectivity index (χ3n) is 1.52. The monoisotopic (exact) mass is 202 g/mol. The number of nitrogen functional groups attached to an aromatic ring is 1. The van der Waals surface area contributed by atoms with Crippen molar-refractivity contribution in [1.82, 2.24) is 15.2 Å². The van der Waals surface area contributed by atoms with Crippen molar-refractivity contribution in [2.75, 3.05) is 18.1 Å². The maximum atomic E-state index is 8.53. The first-order valence-electron chi connectivity index (χ1n) is 4.24. The van der Waals surface area contributed by atoms with Gasteiger partial charge in [0.2, 0.25) is 11.1 Å². The van der Waals surface area contributed by atoms with E-state index in [0.717, 1.165) is 25.0 Å². The summed E-state index contributed by atoms with van der Waals surface area (Å²) in [6.07, 6.45) is 2.99. The number of hydrogen-bond donors (Lipinski definition) is 3. The van der Waals surface area contributed by atoms with Gasteiger partial charge in [-0.15, -0.1) is 5.10 Å². The van der Waals surface area contributed by atoms with Crippen LogP contribution in [0.15, 0.2) is 5.16 Å². The molecule has 1 heterocycles. The van der Waals surface area contributed by atoms with Gasteiger partial charge in [-0.05, 0) is 12.8 Å². The van der Waals surface area contributed by atoms with E-state index in [0.29, 0.717) is 11.1 Å². The van der Waals surface area contributed by atoms with E-state index in [2.05, 4.69) is 15.2 Å². The number of nitrogens with one attached hydrogen (secondary N) is 1. The molecule has 5 nitrogen and oxygen atoms in total. The molecule has 0 aliphatic heterocycles. The molecule has 0 aliphatic carbocycles. The molecule has 74 valence electrons. The van der Waals surface area contributed by atoms with Crippen molar-refractivity contribution in [3.8, 4) is 0 Å². The van der Waals surface area contributed by atoms with Gasteiger partial charge in [-0.1, -0.05) is 18.2 Å². The summed E-state index contributed by atoms with van der Waals surface area (Å²) in [4.78, 5) is 3.95. The SMILES string of the molecule is Nc1nc(SCCCCCO)n[nH]1. The summed E-state index contributed by atoms with van der Waals surface area (Å²) in [5.41, 5.74) is 5.35. The van der Waals surface area contributed by atoms with Crippen LogP contribution in [0.3, 0.4) is 0 Å². The maximum Gasteiger partial charge on any atom is 0.216 e. The van der Waals surface area contributed by atoms with E-state index in [1.807, 2.05) is 0 Å². The Hall–Kier alpha value is -0.750. The molecule has 0 fully saturated rings. The summed E-state index contributed by atoms with van der Waals surface area (Å²) in [6.45, 7) is 0.276. The number of hydrogen-bond acceptors (Lipinski definition) is 5. The number of thioether (sulfide) groups is 1. The summed E-state index contributed by atoms with van der Waals surface area (Å²) < 4.78 is 0. The average Bonchev–Trinajstić information content (AvgIpc) is 2.51. The van der Waals surface area contributed by atoms with Gasteiger partial charge < -0.3 is 10.8 Å². The Morgan fingerprint density at radius 1 is 1.38 bits per heavy atom. The molecule has 0 radical (unpaired) electrons. The molecular weight excluding hydrogens is 188 g/mol. The van der Waals surface area contributed by atoms with Crippen LogP contribution in [-0.4, -0.2) is 32.6 Å². The summed E-state index contributed by atoms with van der Waals surface area (Å²) in [6, 6.07) is 0. The maximum absolute atomic E-state index is 8.53. The number of nitrogens with zero attached hydrogens (tertiary/aromatic N) is 2. The molecule has 0 saturated heterocycles. The lowest BCUT2D eigenvalue weighted by Crippen LogP contribution is -1.87. The summed E-state index contributed by atoms with van der Waals surface area (Å²) in [5, 5.41) is 15.7. The zero-order valence-electron chi connectivity index (χ0n) is 7.36. The van der Waals surface area contributed by atoms with Crippen molar-refractivity contribution in [3.63, 3.8) is 0 Å². The van der Waals surface area contributed by atoms with Crippen LogP contribution >= 0.6 is 11.8 Å². The fourth-order valence-corrected chi connectivity index (χ4v) is 1.68.